The van der Waals surface area contributed by atoms with E-state index in [1.807, 2.05) is 12.1 Å². The maximum atomic E-state index is 5.73. The van der Waals surface area contributed by atoms with Gasteiger partial charge in [0.05, 0.1) is 0 Å². The van der Waals surface area contributed by atoms with Gasteiger partial charge in [0.15, 0.2) is 0 Å². The first-order valence-corrected chi connectivity index (χ1v) is 7.64. The Labute approximate surface area is 127 Å². The summed E-state index contributed by atoms with van der Waals surface area (Å²) in [6.45, 7) is 9.59. The molecule has 0 spiro atoms. The quantitative estimate of drug-likeness (QED) is 0.824. The van der Waals surface area contributed by atoms with E-state index in [0.29, 0.717) is 11.8 Å². The van der Waals surface area contributed by atoms with Gasteiger partial charge in [0.1, 0.15) is 0 Å². The minimum atomic E-state index is 0.154. The van der Waals surface area contributed by atoms with Gasteiger partial charge in [-0.2, -0.15) is 0 Å². The van der Waals surface area contributed by atoms with Crippen LogP contribution in [0, 0.1) is 0 Å². The predicted molar refractivity (Wildman–Crippen MR) is 85.2 cm³/mol. The average Bonchev–Trinajstić information content (AvgIpc) is 2.91. The lowest BCUT2D eigenvalue weighted by Crippen LogP contribution is -2.36. The summed E-state index contributed by atoms with van der Waals surface area (Å²) in [7, 11) is 0. The summed E-state index contributed by atoms with van der Waals surface area (Å²) in [6, 6.07) is 8.29. The first kappa shape index (κ1) is 15.7. The summed E-state index contributed by atoms with van der Waals surface area (Å²) < 4.78 is 5.73. The molecular weight excluding hydrogens is 262 g/mol. The Morgan fingerprint density at radius 3 is 2.43 bits per heavy atom. The molecule has 2 aromatic rings. The first-order valence-electron chi connectivity index (χ1n) is 7.64. The van der Waals surface area contributed by atoms with Crippen LogP contribution in [0.15, 0.2) is 28.7 Å². The molecule has 0 unspecified atom stereocenters. The monoisotopic (exact) mass is 287 g/mol. The van der Waals surface area contributed by atoms with Crippen LogP contribution in [-0.2, 0) is 12.8 Å². The van der Waals surface area contributed by atoms with Crippen molar-refractivity contribution in [2.75, 3.05) is 6.54 Å². The number of nitrogens with one attached hydrogen (secondary N) is 1. The van der Waals surface area contributed by atoms with Gasteiger partial charge in [-0.3, -0.25) is 0 Å². The lowest BCUT2D eigenvalue weighted by molar-refractivity contribution is 0.412. The molecule has 4 nitrogen and oxygen atoms in total. The van der Waals surface area contributed by atoms with Gasteiger partial charge in [0.25, 0.3) is 0 Å². The predicted octanol–water partition coefficient (Wildman–Crippen LogP) is 3.62. The molecule has 0 aliphatic heterocycles. The highest BCUT2D eigenvalue weighted by atomic mass is 16.4. The van der Waals surface area contributed by atoms with Crippen molar-refractivity contribution < 1.29 is 4.42 Å². The van der Waals surface area contributed by atoms with Crippen LogP contribution in [0.3, 0.4) is 0 Å². The summed E-state index contributed by atoms with van der Waals surface area (Å²) >= 11 is 0. The summed E-state index contributed by atoms with van der Waals surface area (Å²) in [5, 5.41) is 11.7. The molecule has 0 saturated carbocycles. The third-order valence-corrected chi connectivity index (χ3v) is 3.30. The summed E-state index contributed by atoms with van der Waals surface area (Å²) in [5.74, 6) is 1.32. The van der Waals surface area contributed by atoms with Crippen molar-refractivity contribution in [3.05, 3.63) is 35.7 Å². The third kappa shape index (κ3) is 4.97. The number of nitrogens with zero attached hydrogens (tertiary/aromatic N) is 2. The van der Waals surface area contributed by atoms with E-state index in [2.05, 4.69) is 55.3 Å². The molecule has 0 radical (unpaired) electrons. The van der Waals surface area contributed by atoms with E-state index >= 15 is 0 Å². The lowest BCUT2D eigenvalue weighted by Gasteiger charge is -2.19. The second-order valence-corrected chi connectivity index (χ2v) is 6.33. The second kappa shape index (κ2) is 6.85. The molecule has 0 saturated heterocycles. The summed E-state index contributed by atoms with van der Waals surface area (Å²) in [4.78, 5) is 0. The molecule has 0 fully saturated rings. The molecule has 0 aliphatic carbocycles. The first-order chi connectivity index (χ1) is 9.98. The number of hydrogen-bond donors (Lipinski definition) is 1. The molecule has 0 atom stereocenters. The highest BCUT2D eigenvalue weighted by Crippen LogP contribution is 2.19. The maximum absolute atomic E-state index is 5.73. The highest BCUT2D eigenvalue weighted by molar-refractivity contribution is 5.52. The van der Waals surface area contributed by atoms with Crippen molar-refractivity contribution in [3.8, 4) is 11.5 Å². The number of hydrogen-bond acceptors (Lipinski definition) is 4. The Bertz CT molecular complexity index is 552. The Kier molecular flexibility index (Phi) is 5.12. The number of rotatable bonds is 6. The fraction of sp³-hybridized carbons (Fsp3) is 0.529. The van der Waals surface area contributed by atoms with Crippen molar-refractivity contribution in [1.82, 2.24) is 15.5 Å². The van der Waals surface area contributed by atoms with Crippen molar-refractivity contribution in [1.29, 1.82) is 0 Å². The average molecular weight is 287 g/mol. The van der Waals surface area contributed by atoms with E-state index in [4.69, 9.17) is 4.42 Å². The minimum Gasteiger partial charge on any atom is -0.421 e. The molecule has 1 N–H and O–H groups in total. The van der Waals surface area contributed by atoms with Crippen LogP contribution in [0.1, 0.15) is 45.6 Å². The van der Waals surface area contributed by atoms with Gasteiger partial charge in [-0.15, -0.1) is 10.2 Å². The molecule has 4 heteroatoms. The standard InChI is InChI=1S/C17H25N3O/c1-5-13-8-10-14(11-9-13)16-20-19-15(21-16)7-6-12-18-17(2,3)4/h8-11,18H,5-7,12H2,1-4H3. The van der Waals surface area contributed by atoms with Gasteiger partial charge in [0.2, 0.25) is 11.8 Å². The Balaban J connectivity index is 1.88. The van der Waals surface area contributed by atoms with Crippen LogP contribution in [0.2, 0.25) is 0 Å². The van der Waals surface area contributed by atoms with Gasteiger partial charge in [-0.1, -0.05) is 19.1 Å². The van der Waals surface area contributed by atoms with E-state index in [-0.39, 0.29) is 5.54 Å². The number of benzene rings is 1. The van der Waals surface area contributed by atoms with Crippen molar-refractivity contribution >= 4 is 0 Å². The summed E-state index contributed by atoms with van der Waals surface area (Å²) in [6.07, 6.45) is 2.84. The van der Waals surface area contributed by atoms with Gasteiger partial charge < -0.3 is 9.73 Å². The van der Waals surface area contributed by atoms with Gasteiger partial charge in [-0.05, 0) is 57.9 Å². The zero-order valence-electron chi connectivity index (χ0n) is 13.4. The smallest absolute Gasteiger partial charge is 0.247 e. The van der Waals surface area contributed by atoms with Crippen LogP contribution in [0.25, 0.3) is 11.5 Å². The fourth-order valence-corrected chi connectivity index (χ4v) is 2.06. The molecule has 2 rings (SSSR count). The van der Waals surface area contributed by atoms with Gasteiger partial charge in [0, 0.05) is 17.5 Å². The van der Waals surface area contributed by atoms with Crippen LogP contribution >= 0.6 is 0 Å². The van der Waals surface area contributed by atoms with E-state index in [9.17, 15) is 0 Å². The van der Waals surface area contributed by atoms with Crippen molar-refractivity contribution in [3.63, 3.8) is 0 Å². The van der Waals surface area contributed by atoms with Gasteiger partial charge in [-0.25, -0.2) is 0 Å². The van der Waals surface area contributed by atoms with E-state index in [1.54, 1.807) is 0 Å². The van der Waals surface area contributed by atoms with E-state index in [0.717, 1.165) is 31.4 Å². The van der Waals surface area contributed by atoms with E-state index in [1.165, 1.54) is 5.56 Å². The molecule has 1 heterocycles. The van der Waals surface area contributed by atoms with Crippen molar-refractivity contribution in [2.24, 2.45) is 0 Å². The highest BCUT2D eigenvalue weighted by Gasteiger charge is 2.10. The lowest BCUT2D eigenvalue weighted by atomic mass is 10.1. The molecule has 1 aromatic heterocycles. The van der Waals surface area contributed by atoms with Crippen molar-refractivity contribution in [2.45, 2.75) is 52.5 Å². The zero-order chi connectivity index (χ0) is 15.3. The van der Waals surface area contributed by atoms with Crippen LogP contribution < -0.4 is 5.32 Å². The van der Waals surface area contributed by atoms with Gasteiger partial charge >= 0.3 is 0 Å². The van der Waals surface area contributed by atoms with E-state index < -0.39 is 0 Å². The van der Waals surface area contributed by atoms with Crippen LogP contribution in [0.4, 0.5) is 0 Å². The fourth-order valence-electron chi connectivity index (χ4n) is 2.06. The molecule has 1 aromatic carbocycles. The van der Waals surface area contributed by atoms with Crippen LogP contribution in [-0.4, -0.2) is 22.3 Å². The maximum Gasteiger partial charge on any atom is 0.247 e. The Morgan fingerprint density at radius 2 is 1.81 bits per heavy atom. The Hall–Kier alpha value is -1.68. The molecule has 0 bridgehead atoms. The molecule has 0 amide bonds. The SMILES string of the molecule is CCc1ccc(-c2nnc(CCCNC(C)(C)C)o2)cc1. The molecule has 21 heavy (non-hydrogen) atoms. The van der Waals surface area contributed by atoms with Crippen LogP contribution in [0.5, 0.6) is 0 Å². The summed E-state index contributed by atoms with van der Waals surface area (Å²) in [5.41, 5.74) is 2.45. The minimum absolute atomic E-state index is 0.154. The largest absolute Gasteiger partial charge is 0.421 e. The molecule has 0 aliphatic rings. The number of aryl methyl sites for hydroxylation is 2. The zero-order valence-corrected chi connectivity index (χ0v) is 13.4. The Morgan fingerprint density at radius 1 is 1.10 bits per heavy atom. The number of aromatic nitrogens is 2. The second-order valence-electron chi connectivity index (χ2n) is 6.33. The third-order valence-electron chi connectivity index (χ3n) is 3.30. The normalized spacial score (nSPS) is 11.8. The molecule has 114 valence electrons. The molecular formula is C17H25N3O. The topological polar surface area (TPSA) is 51.0 Å².